The molecule has 0 aliphatic rings. The van der Waals surface area contributed by atoms with E-state index in [1.165, 1.54) is 0 Å². The summed E-state index contributed by atoms with van der Waals surface area (Å²) < 4.78 is 4.98. The van der Waals surface area contributed by atoms with Crippen LogP contribution in [0.1, 0.15) is 13.3 Å². The lowest BCUT2D eigenvalue weighted by atomic mass is 10.2. The van der Waals surface area contributed by atoms with E-state index in [4.69, 9.17) is 9.53 Å². The summed E-state index contributed by atoms with van der Waals surface area (Å²) in [5.74, 6) is -0.901. The van der Waals surface area contributed by atoms with Crippen LogP contribution >= 0.6 is 0 Å². The average Bonchev–Trinajstić information content (AvgIpc) is 1.98. The van der Waals surface area contributed by atoms with E-state index in [2.05, 4.69) is 6.58 Å². The van der Waals surface area contributed by atoms with Crippen molar-refractivity contribution in [2.45, 2.75) is 18.9 Å². The summed E-state index contributed by atoms with van der Waals surface area (Å²) in [5.41, 5.74) is 0.374. The van der Waals surface area contributed by atoms with E-state index in [-0.39, 0.29) is 5.54 Å². The third-order valence-electron chi connectivity index (χ3n) is 1.63. The quantitative estimate of drug-likeness (QED) is 0.489. The van der Waals surface area contributed by atoms with Crippen LogP contribution in [0.3, 0.4) is 0 Å². The molecular formula is C7H14O3Si. The van der Waals surface area contributed by atoms with Gasteiger partial charge in [0.05, 0.1) is 0 Å². The second-order valence-electron chi connectivity index (χ2n) is 2.39. The van der Waals surface area contributed by atoms with Crippen molar-refractivity contribution in [3.05, 3.63) is 12.2 Å². The van der Waals surface area contributed by atoms with E-state index in [1.54, 1.807) is 7.11 Å². The molecule has 0 fully saturated rings. The molecule has 0 saturated carbocycles. The molecule has 64 valence electrons. The number of carbonyl (C=O) groups is 1. The third kappa shape index (κ3) is 3.34. The minimum absolute atomic E-state index is 0.0810. The lowest BCUT2D eigenvalue weighted by Crippen LogP contribution is -2.13. The lowest BCUT2D eigenvalue weighted by Gasteiger charge is -2.11. The van der Waals surface area contributed by atoms with E-state index in [1.807, 2.05) is 6.92 Å². The van der Waals surface area contributed by atoms with Crippen LogP contribution in [0, 0.1) is 0 Å². The molecule has 0 aliphatic carbocycles. The summed E-state index contributed by atoms with van der Waals surface area (Å²) in [5, 5.41) is 8.58. The highest BCUT2D eigenvalue weighted by Crippen LogP contribution is 2.18. The van der Waals surface area contributed by atoms with Crippen molar-refractivity contribution in [3.63, 3.8) is 0 Å². The fourth-order valence-electron chi connectivity index (χ4n) is 0.841. The first kappa shape index (κ1) is 10.4. The summed E-state index contributed by atoms with van der Waals surface area (Å²) in [6.07, 6.45) is 0.811. The Labute approximate surface area is 69.0 Å². The predicted octanol–water partition coefficient (Wildman–Crippen LogP) is 0.556. The third-order valence-corrected chi connectivity index (χ3v) is 3.43. The number of hydrogen-bond acceptors (Lipinski definition) is 2. The number of carboxylic acid groups (broad SMARTS) is 1. The van der Waals surface area contributed by atoms with Gasteiger partial charge in [0, 0.05) is 18.2 Å². The van der Waals surface area contributed by atoms with Gasteiger partial charge in [0.1, 0.15) is 0 Å². The normalized spacial score (nSPS) is 13.6. The van der Waals surface area contributed by atoms with E-state index < -0.39 is 15.7 Å². The van der Waals surface area contributed by atoms with Crippen LogP contribution in [0.15, 0.2) is 12.2 Å². The molecule has 0 aromatic carbocycles. The van der Waals surface area contributed by atoms with Gasteiger partial charge in [-0.2, -0.15) is 0 Å². The van der Waals surface area contributed by atoms with Crippen LogP contribution in [0.25, 0.3) is 0 Å². The van der Waals surface area contributed by atoms with Gasteiger partial charge in [-0.15, -0.1) is 0 Å². The molecule has 11 heavy (non-hydrogen) atoms. The molecule has 0 rings (SSSR count). The van der Waals surface area contributed by atoms with Crippen LogP contribution < -0.4 is 0 Å². The monoisotopic (exact) mass is 174 g/mol. The molecule has 1 unspecified atom stereocenters. The standard InChI is InChI=1S/C7H14O3Si/c1-4-6(11-10-3)5(2)7(8)9/h6H,2,4,11H2,1,3H3,(H,8,9). The Balaban J connectivity index is 4.02. The van der Waals surface area contributed by atoms with Gasteiger partial charge >= 0.3 is 5.97 Å². The lowest BCUT2D eigenvalue weighted by molar-refractivity contribution is -0.132. The Morgan fingerprint density at radius 2 is 2.36 bits per heavy atom. The first-order valence-corrected chi connectivity index (χ1v) is 4.93. The van der Waals surface area contributed by atoms with Crippen molar-refractivity contribution in [1.29, 1.82) is 0 Å². The van der Waals surface area contributed by atoms with Gasteiger partial charge in [-0.3, -0.25) is 0 Å². The molecule has 0 radical (unpaired) electrons. The summed E-state index contributed by atoms with van der Waals surface area (Å²) in [7, 11) is 0.880. The SMILES string of the molecule is C=C(C(=O)O)C(CC)[SiH2]OC. The van der Waals surface area contributed by atoms with Gasteiger partial charge in [-0.1, -0.05) is 13.5 Å². The van der Waals surface area contributed by atoms with Crippen LogP contribution in [0.4, 0.5) is 0 Å². The molecule has 4 heteroatoms. The van der Waals surface area contributed by atoms with Crippen molar-refractivity contribution in [1.82, 2.24) is 0 Å². The van der Waals surface area contributed by atoms with Gasteiger partial charge in [0.2, 0.25) is 0 Å². The molecule has 0 spiro atoms. The van der Waals surface area contributed by atoms with E-state index in [0.717, 1.165) is 6.42 Å². The molecule has 0 aliphatic heterocycles. The number of hydrogen-bond donors (Lipinski definition) is 1. The average molecular weight is 174 g/mol. The summed E-state index contributed by atoms with van der Waals surface area (Å²) in [6, 6.07) is 0. The predicted molar refractivity (Wildman–Crippen MR) is 46.4 cm³/mol. The van der Waals surface area contributed by atoms with Gasteiger partial charge in [-0.05, 0) is 6.42 Å². The fourth-order valence-corrected chi connectivity index (χ4v) is 1.85. The highest BCUT2D eigenvalue weighted by Gasteiger charge is 2.16. The summed E-state index contributed by atoms with van der Waals surface area (Å²) in [6.45, 7) is 5.45. The van der Waals surface area contributed by atoms with Gasteiger partial charge in [0.15, 0.2) is 9.76 Å². The largest absolute Gasteiger partial charge is 0.478 e. The highest BCUT2D eigenvalue weighted by molar-refractivity contribution is 6.32. The second-order valence-corrected chi connectivity index (χ2v) is 4.29. The Morgan fingerprint density at radius 3 is 2.64 bits per heavy atom. The zero-order valence-electron chi connectivity index (χ0n) is 6.96. The number of rotatable bonds is 5. The Kier molecular flexibility index (Phi) is 4.81. The topological polar surface area (TPSA) is 46.5 Å². The second kappa shape index (κ2) is 5.09. The maximum Gasteiger partial charge on any atom is 0.331 e. The first-order chi connectivity index (χ1) is 5.13. The maximum absolute atomic E-state index is 10.4. The Bertz CT molecular complexity index is 156. The van der Waals surface area contributed by atoms with Gasteiger partial charge in [-0.25, -0.2) is 4.79 Å². The van der Waals surface area contributed by atoms with Crippen molar-refractivity contribution >= 4 is 15.7 Å². The van der Waals surface area contributed by atoms with Gasteiger partial charge < -0.3 is 9.53 Å². The van der Waals surface area contributed by atoms with Crippen LogP contribution in [-0.2, 0) is 9.22 Å². The van der Waals surface area contributed by atoms with Crippen molar-refractivity contribution in [2.24, 2.45) is 0 Å². The summed E-state index contributed by atoms with van der Waals surface area (Å²) >= 11 is 0. The molecule has 1 N–H and O–H groups in total. The molecule has 0 heterocycles. The number of aliphatic carboxylic acids is 1. The van der Waals surface area contributed by atoms with Crippen LogP contribution in [0.5, 0.6) is 0 Å². The number of carboxylic acids is 1. The Hall–Kier alpha value is -0.613. The van der Waals surface area contributed by atoms with Crippen molar-refractivity contribution < 1.29 is 14.3 Å². The molecule has 0 aromatic heterocycles. The zero-order chi connectivity index (χ0) is 8.85. The van der Waals surface area contributed by atoms with E-state index in [0.29, 0.717) is 5.57 Å². The van der Waals surface area contributed by atoms with Crippen LogP contribution in [0.2, 0.25) is 5.54 Å². The molecule has 0 bridgehead atoms. The first-order valence-electron chi connectivity index (χ1n) is 3.54. The fraction of sp³-hybridized carbons (Fsp3) is 0.571. The minimum Gasteiger partial charge on any atom is -0.478 e. The smallest absolute Gasteiger partial charge is 0.331 e. The van der Waals surface area contributed by atoms with Crippen LogP contribution in [-0.4, -0.2) is 27.9 Å². The van der Waals surface area contributed by atoms with Crippen molar-refractivity contribution in [3.8, 4) is 0 Å². The van der Waals surface area contributed by atoms with E-state index in [9.17, 15) is 4.79 Å². The molecule has 0 amide bonds. The molecule has 1 atom stereocenters. The molecule has 3 nitrogen and oxygen atoms in total. The minimum atomic E-state index is -0.901. The molecular weight excluding hydrogens is 160 g/mol. The molecule has 0 aromatic rings. The van der Waals surface area contributed by atoms with Gasteiger partial charge in [0.25, 0.3) is 0 Å². The van der Waals surface area contributed by atoms with E-state index >= 15 is 0 Å². The summed E-state index contributed by atoms with van der Waals surface area (Å²) in [4.78, 5) is 10.4. The highest BCUT2D eigenvalue weighted by atomic mass is 28.2. The molecule has 0 saturated heterocycles. The zero-order valence-corrected chi connectivity index (χ0v) is 8.38. The van der Waals surface area contributed by atoms with Crippen molar-refractivity contribution in [2.75, 3.05) is 7.11 Å². The maximum atomic E-state index is 10.4. The Morgan fingerprint density at radius 1 is 1.82 bits per heavy atom.